The van der Waals surface area contributed by atoms with Gasteiger partial charge in [-0.3, -0.25) is 19.2 Å². The van der Waals surface area contributed by atoms with E-state index in [4.69, 9.17) is 23.7 Å². The van der Waals surface area contributed by atoms with Crippen LogP contribution in [-0.2, 0) is 38.1 Å². The predicted octanol–water partition coefficient (Wildman–Crippen LogP) is 1.86. The Morgan fingerprint density at radius 2 is 1.52 bits per heavy atom. The summed E-state index contributed by atoms with van der Waals surface area (Å²) >= 11 is 0. The maximum Gasteiger partial charge on any atom is 0.303 e. The van der Waals surface area contributed by atoms with Crippen molar-refractivity contribution in [2.75, 3.05) is 13.7 Å². The van der Waals surface area contributed by atoms with Crippen LogP contribution in [0.4, 0.5) is 0 Å². The van der Waals surface area contributed by atoms with Crippen LogP contribution in [0.1, 0.15) is 32.8 Å². The minimum atomic E-state index is -1.11. The fraction of sp³-hybridized carbons (Fsp3) is 0.455. The molecule has 31 heavy (non-hydrogen) atoms. The molecule has 1 fully saturated rings. The summed E-state index contributed by atoms with van der Waals surface area (Å²) in [7, 11) is 1.56. The van der Waals surface area contributed by atoms with Crippen molar-refractivity contribution in [1.82, 2.24) is 0 Å². The monoisotopic (exact) mass is 434 g/mol. The molecule has 0 radical (unpaired) electrons. The molecule has 9 heteroatoms. The van der Waals surface area contributed by atoms with Crippen LogP contribution in [0.5, 0.6) is 5.75 Å². The van der Waals surface area contributed by atoms with E-state index in [2.05, 4.69) is 0 Å². The smallest absolute Gasteiger partial charge is 0.303 e. The Kier molecular flexibility index (Phi) is 8.75. The van der Waals surface area contributed by atoms with Gasteiger partial charge in [-0.1, -0.05) is 18.2 Å². The molecule has 1 aliphatic heterocycles. The second-order valence-electron chi connectivity index (χ2n) is 6.94. The fourth-order valence-corrected chi connectivity index (χ4v) is 3.16. The molecule has 0 spiro atoms. The highest BCUT2D eigenvalue weighted by Crippen LogP contribution is 2.26. The fourth-order valence-electron chi connectivity index (χ4n) is 3.16. The lowest BCUT2D eigenvalue weighted by Crippen LogP contribution is -2.57. The van der Waals surface area contributed by atoms with E-state index < -0.39 is 42.3 Å². The van der Waals surface area contributed by atoms with E-state index in [1.54, 1.807) is 37.5 Å². The van der Waals surface area contributed by atoms with E-state index in [1.807, 2.05) is 0 Å². The first-order valence-electron chi connectivity index (χ1n) is 9.67. The van der Waals surface area contributed by atoms with Gasteiger partial charge in [-0.2, -0.15) is 0 Å². The molecule has 0 aliphatic carbocycles. The topological polar surface area (TPSA) is 114 Å². The predicted molar refractivity (Wildman–Crippen MR) is 108 cm³/mol. The Balaban J connectivity index is 2.14. The largest absolute Gasteiger partial charge is 0.497 e. The summed E-state index contributed by atoms with van der Waals surface area (Å²) in [6, 6.07) is 7.12. The number of benzene rings is 1. The summed E-state index contributed by atoms with van der Waals surface area (Å²) in [6.45, 7) is 3.45. The Morgan fingerprint density at radius 1 is 0.935 bits per heavy atom. The van der Waals surface area contributed by atoms with Gasteiger partial charge in [-0.25, -0.2) is 0 Å². The van der Waals surface area contributed by atoms with Crippen molar-refractivity contribution in [3.05, 3.63) is 35.9 Å². The molecule has 0 N–H and O–H groups in total. The molecule has 0 saturated carbocycles. The third-order valence-electron chi connectivity index (χ3n) is 4.43. The lowest BCUT2D eigenvalue weighted by atomic mass is 9.95. The number of hydrogen-bond acceptors (Lipinski definition) is 9. The summed E-state index contributed by atoms with van der Waals surface area (Å²) in [5, 5.41) is 0. The molecule has 1 aromatic carbocycles. The van der Waals surface area contributed by atoms with Gasteiger partial charge in [0.2, 0.25) is 0 Å². The van der Waals surface area contributed by atoms with E-state index in [-0.39, 0.29) is 18.8 Å². The number of ether oxygens (including phenoxy) is 5. The van der Waals surface area contributed by atoms with E-state index in [1.165, 1.54) is 26.8 Å². The zero-order valence-electron chi connectivity index (χ0n) is 17.9. The third kappa shape index (κ3) is 7.53. The van der Waals surface area contributed by atoms with Crippen LogP contribution in [-0.4, -0.2) is 61.8 Å². The molecular formula is C22H26O9. The maximum absolute atomic E-state index is 12.5. The summed E-state index contributed by atoms with van der Waals surface area (Å²) in [4.78, 5) is 47.1. The number of methoxy groups -OCH3 is 1. The zero-order valence-corrected chi connectivity index (χ0v) is 17.9. The van der Waals surface area contributed by atoms with Gasteiger partial charge in [-0.05, 0) is 23.8 Å². The van der Waals surface area contributed by atoms with Crippen molar-refractivity contribution in [1.29, 1.82) is 0 Å². The van der Waals surface area contributed by atoms with Crippen molar-refractivity contribution in [2.45, 2.75) is 51.6 Å². The number of hydrogen-bond donors (Lipinski definition) is 0. The summed E-state index contributed by atoms with van der Waals surface area (Å²) in [6.07, 6.45) is -1.17. The van der Waals surface area contributed by atoms with Gasteiger partial charge in [-0.15, -0.1) is 0 Å². The lowest BCUT2D eigenvalue weighted by Gasteiger charge is -2.40. The van der Waals surface area contributed by atoms with Crippen LogP contribution >= 0.6 is 0 Å². The molecular weight excluding hydrogens is 408 g/mol. The second kappa shape index (κ2) is 11.3. The van der Waals surface area contributed by atoms with Crippen molar-refractivity contribution in [3.8, 4) is 5.75 Å². The molecule has 0 aromatic heterocycles. The van der Waals surface area contributed by atoms with Crippen molar-refractivity contribution >= 4 is 29.8 Å². The Hall–Kier alpha value is -3.20. The second-order valence-corrected chi connectivity index (χ2v) is 6.94. The average Bonchev–Trinajstić information content (AvgIpc) is 2.70. The van der Waals surface area contributed by atoms with E-state index >= 15 is 0 Å². The molecule has 0 unspecified atom stereocenters. The maximum atomic E-state index is 12.5. The lowest BCUT2D eigenvalue weighted by molar-refractivity contribution is -0.225. The number of allylic oxidation sites excluding steroid dienone is 1. The van der Waals surface area contributed by atoms with Gasteiger partial charge in [0.15, 0.2) is 24.1 Å². The Labute approximate surface area is 180 Å². The normalized spacial score (nSPS) is 23.1. The number of ketones is 1. The highest BCUT2D eigenvalue weighted by atomic mass is 16.6. The van der Waals surface area contributed by atoms with Crippen LogP contribution in [0.25, 0.3) is 6.08 Å². The number of carbonyl (C=O) groups excluding carboxylic acids is 4. The van der Waals surface area contributed by atoms with Crippen LogP contribution in [0, 0.1) is 0 Å². The van der Waals surface area contributed by atoms with Gasteiger partial charge in [0.1, 0.15) is 11.9 Å². The van der Waals surface area contributed by atoms with E-state index in [0.29, 0.717) is 5.75 Å². The van der Waals surface area contributed by atoms with Crippen LogP contribution < -0.4 is 4.74 Å². The molecule has 4 atom stereocenters. The van der Waals surface area contributed by atoms with Gasteiger partial charge in [0, 0.05) is 27.2 Å². The molecule has 1 aromatic rings. The first-order valence-corrected chi connectivity index (χ1v) is 9.67. The quantitative estimate of drug-likeness (QED) is 0.343. The number of esters is 3. The SMILES string of the molecule is COc1ccc(/C=C/C(=O)C[C@@H]2OC[C@@H](OC(C)=O)[C@H](OC(C)=O)[C@H]2OC(C)=O)cc1. The first-order chi connectivity index (χ1) is 14.7. The molecule has 9 nitrogen and oxygen atoms in total. The van der Waals surface area contributed by atoms with Gasteiger partial charge in [0.05, 0.1) is 13.7 Å². The molecule has 168 valence electrons. The van der Waals surface area contributed by atoms with Gasteiger partial charge >= 0.3 is 17.9 Å². The molecule has 1 saturated heterocycles. The van der Waals surface area contributed by atoms with Gasteiger partial charge < -0.3 is 23.7 Å². The van der Waals surface area contributed by atoms with E-state index in [9.17, 15) is 19.2 Å². The van der Waals surface area contributed by atoms with Crippen molar-refractivity contribution in [2.24, 2.45) is 0 Å². The van der Waals surface area contributed by atoms with Crippen LogP contribution in [0.3, 0.4) is 0 Å². The molecule has 0 amide bonds. The van der Waals surface area contributed by atoms with Crippen molar-refractivity contribution in [3.63, 3.8) is 0 Å². The molecule has 1 aliphatic rings. The Bertz CT molecular complexity index is 828. The summed E-state index contributed by atoms with van der Waals surface area (Å²) in [5.74, 6) is -1.50. The third-order valence-corrected chi connectivity index (χ3v) is 4.43. The first kappa shape index (κ1) is 24.1. The minimum absolute atomic E-state index is 0.116. The average molecular weight is 434 g/mol. The van der Waals surface area contributed by atoms with Crippen molar-refractivity contribution < 1.29 is 42.9 Å². The van der Waals surface area contributed by atoms with Crippen LogP contribution in [0.15, 0.2) is 30.3 Å². The van der Waals surface area contributed by atoms with Crippen LogP contribution in [0.2, 0.25) is 0 Å². The molecule has 1 heterocycles. The molecule has 2 rings (SSSR count). The van der Waals surface area contributed by atoms with E-state index in [0.717, 1.165) is 5.56 Å². The molecule has 0 bridgehead atoms. The number of carbonyl (C=O) groups is 4. The minimum Gasteiger partial charge on any atom is -0.497 e. The zero-order chi connectivity index (χ0) is 23.0. The number of rotatable bonds is 8. The standard InChI is InChI=1S/C22H26O9/c1-13(23)29-20-12-28-19(21(30-14(2)24)22(20)31-15(3)25)11-17(26)8-5-16-6-9-18(27-4)10-7-16/h5-10,19-22H,11-12H2,1-4H3/b8-5+/t19-,20+,21-,22-/m0/s1. The Morgan fingerprint density at radius 3 is 2.06 bits per heavy atom. The summed E-state index contributed by atoms with van der Waals surface area (Å²) < 4.78 is 26.5. The summed E-state index contributed by atoms with van der Waals surface area (Å²) in [5.41, 5.74) is 0.794. The highest BCUT2D eigenvalue weighted by molar-refractivity contribution is 5.94. The van der Waals surface area contributed by atoms with Gasteiger partial charge in [0.25, 0.3) is 0 Å². The highest BCUT2D eigenvalue weighted by Gasteiger charge is 2.47.